The second-order valence-electron chi connectivity index (χ2n) is 6.08. The van der Waals surface area contributed by atoms with E-state index in [4.69, 9.17) is 10.7 Å². The Bertz CT molecular complexity index is 1050. The van der Waals surface area contributed by atoms with E-state index in [0.29, 0.717) is 29.8 Å². The first kappa shape index (κ1) is 19.1. The summed E-state index contributed by atoms with van der Waals surface area (Å²) in [6.07, 6.45) is 3.80. The van der Waals surface area contributed by atoms with Gasteiger partial charge in [0.15, 0.2) is 0 Å². The summed E-state index contributed by atoms with van der Waals surface area (Å²) in [7, 11) is 0. The van der Waals surface area contributed by atoms with Crippen molar-refractivity contribution in [2.45, 2.75) is 0 Å². The summed E-state index contributed by atoms with van der Waals surface area (Å²) < 4.78 is 1.86. The zero-order valence-corrected chi connectivity index (χ0v) is 15.3. The highest BCUT2D eigenvalue weighted by molar-refractivity contribution is 5.82. The molecule has 3 rings (SSSR count). The summed E-state index contributed by atoms with van der Waals surface area (Å²) in [4.78, 5) is 4.47. The number of hydrogen-bond donors (Lipinski definition) is 2. The third kappa shape index (κ3) is 4.71. The first-order valence-electron chi connectivity index (χ1n) is 8.88. The normalized spacial score (nSPS) is 13.1. The minimum absolute atomic E-state index is 0.0420. The summed E-state index contributed by atoms with van der Waals surface area (Å²) >= 11 is 0. The van der Waals surface area contributed by atoms with Crippen molar-refractivity contribution in [1.82, 2.24) is 10.3 Å². The van der Waals surface area contributed by atoms with Crippen LogP contribution in [0.15, 0.2) is 53.5 Å². The summed E-state index contributed by atoms with van der Waals surface area (Å²) in [5, 5.41) is 34.1. The van der Waals surface area contributed by atoms with Crippen molar-refractivity contribution >= 4 is 24.2 Å². The Hall–Kier alpha value is -3.72. The van der Waals surface area contributed by atoms with Gasteiger partial charge in [-0.2, -0.15) is 5.26 Å². The third-order valence-corrected chi connectivity index (χ3v) is 4.13. The maximum Gasteiger partial charge on any atom is 0.252 e. The number of hydrazone groups is 1. The van der Waals surface area contributed by atoms with E-state index in [9.17, 15) is 5.11 Å². The molecule has 0 aliphatic carbocycles. The van der Waals surface area contributed by atoms with Gasteiger partial charge in [0.05, 0.1) is 24.8 Å². The van der Waals surface area contributed by atoms with Crippen LogP contribution in [-0.4, -0.2) is 59.1 Å². The van der Waals surface area contributed by atoms with Gasteiger partial charge in [0.1, 0.15) is 6.54 Å². The second-order valence-corrected chi connectivity index (χ2v) is 6.08. The minimum Gasteiger partial charge on any atom is -0.763 e. The van der Waals surface area contributed by atoms with Gasteiger partial charge in [0.25, 0.3) is 5.96 Å². The highest BCUT2D eigenvalue weighted by atomic mass is 16.3. The van der Waals surface area contributed by atoms with E-state index in [-0.39, 0.29) is 6.61 Å². The summed E-state index contributed by atoms with van der Waals surface area (Å²) in [6, 6.07) is 16.6. The molecule has 2 aromatic carbocycles. The number of aliphatic imine (C=N–C) groups is 1. The number of nitriles is 1. The van der Waals surface area contributed by atoms with E-state index in [1.54, 1.807) is 24.3 Å². The molecule has 0 unspecified atom stereocenters. The lowest BCUT2D eigenvalue weighted by atomic mass is 10.2. The lowest BCUT2D eigenvalue weighted by Gasteiger charge is -2.17. The highest BCUT2D eigenvalue weighted by Gasteiger charge is 2.23. The Morgan fingerprint density at radius 3 is 2.54 bits per heavy atom. The number of nitrogens with one attached hydrogen (secondary N) is 1. The Balaban J connectivity index is 2.09. The summed E-state index contributed by atoms with van der Waals surface area (Å²) in [5.74, 6) is 2.80. The molecular formula is C21H20N6O. The van der Waals surface area contributed by atoms with Crippen LogP contribution in [0, 0.1) is 11.3 Å². The van der Waals surface area contributed by atoms with Crippen molar-refractivity contribution in [3.8, 4) is 6.07 Å². The summed E-state index contributed by atoms with van der Waals surface area (Å²) in [6.45, 7) is 1.74. The van der Waals surface area contributed by atoms with Gasteiger partial charge in [-0.3, -0.25) is 5.87 Å². The van der Waals surface area contributed by atoms with Crippen LogP contribution < -0.4 is 15.8 Å². The van der Waals surface area contributed by atoms with Crippen molar-refractivity contribution < 1.29 is 9.79 Å². The number of rotatable bonds is 5. The molecule has 1 aliphatic heterocycles. The predicted molar refractivity (Wildman–Crippen MR) is 108 cm³/mol. The van der Waals surface area contributed by atoms with Crippen molar-refractivity contribution in [2.24, 2.45) is 4.99 Å². The average Bonchev–Trinajstić information content (AvgIpc) is 3.27. The minimum atomic E-state index is -0.0420. The van der Waals surface area contributed by atoms with Crippen LogP contribution in [0.4, 0.5) is 0 Å². The molecule has 0 fully saturated rings. The van der Waals surface area contributed by atoms with Crippen molar-refractivity contribution in [3.05, 3.63) is 75.5 Å². The molecule has 0 saturated heterocycles. The number of aliphatic hydroxyl groups excluding tert-OH is 1. The molecule has 0 atom stereocenters. The van der Waals surface area contributed by atoms with E-state index in [2.05, 4.69) is 22.2 Å². The second kappa shape index (κ2) is 9.28. The number of benzene rings is 2. The number of hydrazine groups is 1. The average molecular weight is 372 g/mol. The predicted octanol–water partition coefficient (Wildman–Crippen LogP) is -0.493. The van der Waals surface area contributed by atoms with Gasteiger partial charge >= 0.3 is 0 Å². The lowest BCUT2D eigenvalue weighted by molar-refractivity contribution is -0.577. The topological polar surface area (TPSA) is 97.0 Å². The Kier molecular flexibility index (Phi) is 6.32. The number of hydrogen-bond acceptors (Lipinski definition) is 5. The fourth-order valence-corrected chi connectivity index (χ4v) is 2.75. The van der Waals surface area contributed by atoms with E-state index < -0.39 is 0 Å². The van der Waals surface area contributed by atoms with Crippen LogP contribution in [0.25, 0.3) is 11.6 Å². The molecular weight excluding hydrogens is 352 g/mol. The number of nitrogens with zero attached hydrogens (tertiary/aromatic N) is 5. The smallest absolute Gasteiger partial charge is 0.252 e. The molecule has 28 heavy (non-hydrogen) atoms. The van der Waals surface area contributed by atoms with E-state index in [1.807, 2.05) is 46.4 Å². The first-order valence-corrected chi connectivity index (χ1v) is 8.88. The van der Waals surface area contributed by atoms with E-state index in [1.165, 1.54) is 0 Å². The van der Waals surface area contributed by atoms with Crippen molar-refractivity contribution in [2.75, 3.05) is 26.2 Å². The molecule has 7 heteroatoms. The van der Waals surface area contributed by atoms with Crippen LogP contribution in [0.3, 0.4) is 0 Å². The molecule has 0 spiro atoms. The van der Waals surface area contributed by atoms with Gasteiger partial charge in [0, 0.05) is 17.3 Å². The zero-order valence-electron chi connectivity index (χ0n) is 15.3. The van der Waals surface area contributed by atoms with Gasteiger partial charge in [-0.05, 0) is 53.7 Å². The summed E-state index contributed by atoms with van der Waals surface area (Å²) in [5.41, 5.74) is 1.49. The van der Waals surface area contributed by atoms with Crippen LogP contribution in [0.1, 0.15) is 11.1 Å². The largest absolute Gasteiger partial charge is 0.763 e. The van der Waals surface area contributed by atoms with Crippen LogP contribution >= 0.6 is 0 Å². The molecule has 1 heterocycles. The van der Waals surface area contributed by atoms with E-state index >= 15 is 0 Å². The third-order valence-electron chi connectivity index (χ3n) is 4.13. The van der Waals surface area contributed by atoms with E-state index in [0.717, 1.165) is 17.3 Å². The quantitative estimate of drug-likeness (QED) is 0.420. The maximum absolute atomic E-state index is 9.56. The molecule has 0 saturated carbocycles. The molecule has 0 aromatic heterocycles. The molecule has 0 radical (unpaired) electrons. The lowest BCUT2D eigenvalue weighted by Crippen LogP contribution is -2.46. The van der Waals surface area contributed by atoms with Gasteiger partial charge < -0.3 is 15.8 Å². The first-order chi connectivity index (χ1) is 13.7. The standard InChI is InChI=1S/C21H20N6O/c22-13-17-1-5-19(6-2-17)15-26(16-20-7-3-18(14-23)4-8-20)27(11-12-28)21-24-9-10-25-21/h1-8,15-16,28H,9-12H2,(H,24,25)/b26-15-. The SMILES string of the molecule is N#Cc1ccc(/C=[N+](/C=c2ccc(=C=[N-])cc2)N(CCO)C2=NCCN2)cc1. The Morgan fingerprint density at radius 1 is 1.21 bits per heavy atom. The Morgan fingerprint density at radius 2 is 1.96 bits per heavy atom. The zero-order chi connectivity index (χ0) is 19.8. The Labute approximate surface area is 163 Å². The van der Waals surface area contributed by atoms with Crippen molar-refractivity contribution in [1.29, 1.82) is 5.26 Å². The highest BCUT2D eigenvalue weighted by Crippen LogP contribution is 2.03. The molecule has 2 N–H and O–H groups in total. The van der Waals surface area contributed by atoms with Gasteiger partial charge in [-0.25, -0.2) is 4.99 Å². The van der Waals surface area contributed by atoms with Crippen molar-refractivity contribution in [3.63, 3.8) is 0 Å². The van der Waals surface area contributed by atoms with Crippen LogP contribution in [-0.2, 0) is 0 Å². The molecule has 140 valence electrons. The fourth-order valence-electron chi connectivity index (χ4n) is 2.75. The monoisotopic (exact) mass is 372 g/mol. The fraction of sp³-hybridized carbons (Fsp3) is 0.190. The maximum atomic E-state index is 9.56. The molecule has 2 aromatic rings. The molecule has 1 aliphatic rings. The van der Waals surface area contributed by atoms with Gasteiger partial charge in [-0.1, -0.05) is 4.68 Å². The molecule has 0 bridgehead atoms. The van der Waals surface area contributed by atoms with Gasteiger partial charge in [-0.15, -0.1) is 5.01 Å². The number of guanidine groups is 1. The van der Waals surface area contributed by atoms with Crippen LogP contribution in [0.2, 0.25) is 0 Å². The van der Waals surface area contributed by atoms with Gasteiger partial charge in [0.2, 0.25) is 12.4 Å². The number of aliphatic hydroxyl groups is 1. The molecule has 0 amide bonds. The van der Waals surface area contributed by atoms with Crippen LogP contribution in [0.5, 0.6) is 0 Å². The molecule has 7 nitrogen and oxygen atoms in total.